The minimum Gasteiger partial charge on any atom is -0.382 e. The molecule has 1 aromatic rings. The van der Waals surface area contributed by atoms with Gasteiger partial charge in [-0.3, -0.25) is 5.41 Å². The fraction of sp³-hybridized carbons (Fsp3) is 0.545. The maximum Gasteiger partial charge on any atom is 0.226 e. The highest BCUT2D eigenvalue weighted by Crippen LogP contribution is 2.20. The summed E-state index contributed by atoms with van der Waals surface area (Å²) in [5.41, 5.74) is 6.82. The summed E-state index contributed by atoms with van der Waals surface area (Å²) in [4.78, 5) is 10.9. The molecule has 3 N–H and O–H groups in total. The molecule has 0 spiro atoms. The van der Waals surface area contributed by atoms with Gasteiger partial charge in [0.15, 0.2) is 0 Å². The number of aromatic nitrogens is 2. The van der Waals surface area contributed by atoms with Crippen molar-refractivity contribution in [1.29, 1.82) is 5.41 Å². The summed E-state index contributed by atoms with van der Waals surface area (Å²) >= 11 is 0. The van der Waals surface area contributed by atoms with Gasteiger partial charge in [-0.25, -0.2) is 9.97 Å². The number of nitrogens with zero attached hydrogens (tertiary/aromatic N) is 3. The Hall–Kier alpha value is -1.65. The molecule has 1 aliphatic heterocycles. The van der Waals surface area contributed by atoms with Gasteiger partial charge in [-0.1, -0.05) is 6.92 Å². The molecular weight excluding hydrogens is 202 g/mol. The van der Waals surface area contributed by atoms with Gasteiger partial charge in [0.2, 0.25) is 5.95 Å². The van der Waals surface area contributed by atoms with E-state index in [1.165, 1.54) is 6.42 Å². The second-order valence-corrected chi connectivity index (χ2v) is 4.45. The van der Waals surface area contributed by atoms with Crippen LogP contribution < -0.4 is 10.6 Å². The van der Waals surface area contributed by atoms with Crippen LogP contribution in [0.1, 0.15) is 24.7 Å². The number of aryl methyl sites for hydroxylation is 1. The number of nitrogen functional groups attached to an aromatic ring is 1. The lowest BCUT2D eigenvalue weighted by Crippen LogP contribution is -2.24. The molecule has 5 heteroatoms. The van der Waals surface area contributed by atoms with Crippen molar-refractivity contribution in [2.45, 2.75) is 20.3 Å². The average Bonchev–Trinajstić information content (AvgIpc) is 2.64. The third-order valence-electron chi connectivity index (χ3n) is 2.83. The molecule has 1 saturated heterocycles. The first-order valence-electron chi connectivity index (χ1n) is 5.51. The van der Waals surface area contributed by atoms with Crippen LogP contribution in [0.2, 0.25) is 0 Å². The van der Waals surface area contributed by atoms with Crippen molar-refractivity contribution >= 4 is 11.8 Å². The first-order valence-corrected chi connectivity index (χ1v) is 5.51. The molecule has 5 nitrogen and oxygen atoms in total. The molecule has 0 radical (unpaired) electrons. The van der Waals surface area contributed by atoms with E-state index in [-0.39, 0.29) is 5.84 Å². The molecule has 2 heterocycles. The van der Waals surface area contributed by atoms with Gasteiger partial charge in [0, 0.05) is 18.8 Å². The summed E-state index contributed by atoms with van der Waals surface area (Å²) in [6.07, 6.45) is 1.17. The number of anilines is 1. The third-order valence-corrected chi connectivity index (χ3v) is 2.83. The van der Waals surface area contributed by atoms with Crippen molar-refractivity contribution < 1.29 is 0 Å². The molecule has 0 saturated carbocycles. The monoisotopic (exact) mass is 219 g/mol. The highest BCUT2D eigenvalue weighted by atomic mass is 15.3. The predicted octanol–water partition coefficient (Wildman–Crippen LogP) is 0.915. The Labute approximate surface area is 95.2 Å². The maximum absolute atomic E-state index is 7.41. The average molecular weight is 219 g/mol. The van der Waals surface area contributed by atoms with Crippen molar-refractivity contribution in [2.24, 2.45) is 11.7 Å². The van der Waals surface area contributed by atoms with Crippen LogP contribution in [-0.2, 0) is 0 Å². The fourth-order valence-corrected chi connectivity index (χ4v) is 1.95. The van der Waals surface area contributed by atoms with Gasteiger partial charge in [-0.15, -0.1) is 0 Å². The molecule has 0 aromatic carbocycles. The van der Waals surface area contributed by atoms with Gasteiger partial charge in [0.05, 0.1) is 0 Å². The summed E-state index contributed by atoms with van der Waals surface area (Å²) in [6, 6.07) is 1.74. The Morgan fingerprint density at radius 2 is 2.31 bits per heavy atom. The van der Waals surface area contributed by atoms with E-state index in [2.05, 4.69) is 21.8 Å². The van der Waals surface area contributed by atoms with Gasteiger partial charge in [-0.2, -0.15) is 0 Å². The van der Waals surface area contributed by atoms with Gasteiger partial charge in [0.25, 0.3) is 0 Å². The van der Waals surface area contributed by atoms with E-state index in [0.717, 1.165) is 18.8 Å². The highest BCUT2D eigenvalue weighted by molar-refractivity contribution is 5.93. The Kier molecular flexibility index (Phi) is 2.77. The van der Waals surface area contributed by atoms with Crippen LogP contribution in [0.5, 0.6) is 0 Å². The lowest BCUT2D eigenvalue weighted by molar-refractivity contribution is 0.658. The molecular formula is C11H17N5. The van der Waals surface area contributed by atoms with E-state index in [1.54, 1.807) is 6.07 Å². The topological polar surface area (TPSA) is 78.9 Å². The van der Waals surface area contributed by atoms with Gasteiger partial charge in [0.1, 0.15) is 11.5 Å². The lowest BCUT2D eigenvalue weighted by Gasteiger charge is -2.16. The van der Waals surface area contributed by atoms with E-state index in [9.17, 15) is 0 Å². The standard InChI is InChI=1S/C11H17N5/c1-7-3-4-16(6-7)11-14-8(2)5-9(15-11)10(12)13/h5,7H,3-4,6H2,1-2H3,(H3,12,13). The van der Waals surface area contributed by atoms with Crippen LogP contribution in [0.4, 0.5) is 5.95 Å². The molecule has 16 heavy (non-hydrogen) atoms. The quantitative estimate of drug-likeness (QED) is 0.572. The van der Waals surface area contributed by atoms with Gasteiger partial charge in [-0.05, 0) is 25.3 Å². The normalized spacial score (nSPS) is 20.1. The molecule has 1 fully saturated rings. The Balaban J connectivity index is 2.30. The van der Waals surface area contributed by atoms with Crippen molar-refractivity contribution in [3.8, 4) is 0 Å². The van der Waals surface area contributed by atoms with Crippen LogP contribution in [0.25, 0.3) is 0 Å². The molecule has 86 valence electrons. The number of amidine groups is 1. The van der Waals surface area contributed by atoms with E-state index >= 15 is 0 Å². The SMILES string of the molecule is Cc1cc(C(=N)N)nc(N2CCC(C)C2)n1. The molecule has 0 amide bonds. The maximum atomic E-state index is 7.41. The van der Waals surface area contributed by atoms with E-state index in [1.807, 2.05) is 6.92 Å². The van der Waals surface area contributed by atoms with Crippen molar-refractivity contribution in [1.82, 2.24) is 9.97 Å². The lowest BCUT2D eigenvalue weighted by atomic mass is 10.2. The number of rotatable bonds is 2. The van der Waals surface area contributed by atoms with Crippen LogP contribution in [0.15, 0.2) is 6.07 Å². The molecule has 1 unspecified atom stereocenters. The molecule has 0 bridgehead atoms. The molecule has 2 rings (SSSR count). The summed E-state index contributed by atoms with van der Waals surface area (Å²) in [7, 11) is 0. The number of hydrogen-bond donors (Lipinski definition) is 2. The van der Waals surface area contributed by atoms with Crippen molar-refractivity contribution in [3.63, 3.8) is 0 Å². The van der Waals surface area contributed by atoms with Crippen molar-refractivity contribution in [3.05, 3.63) is 17.5 Å². The van der Waals surface area contributed by atoms with E-state index in [4.69, 9.17) is 11.1 Å². The van der Waals surface area contributed by atoms with Crippen molar-refractivity contribution in [2.75, 3.05) is 18.0 Å². The van der Waals surface area contributed by atoms with E-state index in [0.29, 0.717) is 17.6 Å². The van der Waals surface area contributed by atoms with Gasteiger partial charge >= 0.3 is 0 Å². The molecule has 1 atom stereocenters. The first-order chi connectivity index (χ1) is 7.56. The van der Waals surface area contributed by atoms with E-state index < -0.39 is 0 Å². The largest absolute Gasteiger partial charge is 0.382 e. The number of hydrogen-bond acceptors (Lipinski definition) is 4. The predicted molar refractivity (Wildman–Crippen MR) is 63.8 cm³/mol. The number of nitrogens with two attached hydrogens (primary N) is 1. The summed E-state index contributed by atoms with van der Waals surface area (Å²) < 4.78 is 0. The summed E-state index contributed by atoms with van der Waals surface area (Å²) in [5, 5.41) is 7.41. The Morgan fingerprint density at radius 1 is 1.56 bits per heavy atom. The fourth-order valence-electron chi connectivity index (χ4n) is 1.95. The summed E-state index contributed by atoms with van der Waals surface area (Å²) in [5.74, 6) is 1.39. The number of nitrogens with one attached hydrogen (secondary N) is 1. The zero-order valence-corrected chi connectivity index (χ0v) is 9.70. The van der Waals surface area contributed by atoms with Crippen LogP contribution in [0.3, 0.4) is 0 Å². The Bertz CT molecular complexity index is 415. The third kappa shape index (κ3) is 2.13. The molecule has 0 aliphatic carbocycles. The van der Waals surface area contributed by atoms with Crippen LogP contribution in [-0.4, -0.2) is 28.9 Å². The van der Waals surface area contributed by atoms with Crippen LogP contribution >= 0.6 is 0 Å². The first kappa shape index (κ1) is 10.9. The zero-order valence-electron chi connectivity index (χ0n) is 9.70. The minimum absolute atomic E-state index is 0.000930. The Morgan fingerprint density at radius 3 is 2.88 bits per heavy atom. The highest BCUT2D eigenvalue weighted by Gasteiger charge is 2.21. The summed E-state index contributed by atoms with van der Waals surface area (Å²) in [6.45, 7) is 6.10. The second-order valence-electron chi connectivity index (χ2n) is 4.45. The minimum atomic E-state index is -0.000930. The second kappa shape index (κ2) is 4.08. The molecule has 1 aliphatic rings. The smallest absolute Gasteiger partial charge is 0.226 e. The van der Waals surface area contributed by atoms with Crippen LogP contribution in [0, 0.1) is 18.3 Å². The van der Waals surface area contributed by atoms with Gasteiger partial charge < -0.3 is 10.6 Å². The molecule has 1 aromatic heterocycles. The zero-order chi connectivity index (χ0) is 11.7.